The lowest BCUT2D eigenvalue weighted by molar-refractivity contribution is 0.331. The van der Waals surface area contributed by atoms with Gasteiger partial charge in [0.25, 0.3) is 0 Å². The standard InChI is InChI=1S/C9H20N2OS/c1-10-9-4-6-11(8-9)5-3-7-13(2)12/h9-10H,3-8H2,1-2H3. The predicted molar refractivity (Wildman–Crippen MR) is 57.5 cm³/mol. The van der Waals surface area contributed by atoms with Crippen LogP contribution in [-0.2, 0) is 10.8 Å². The van der Waals surface area contributed by atoms with Crippen LogP contribution in [0.3, 0.4) is 0 Å². The number of likely N-dealkylation sites (tertiary alicyclic amines) is 1. The van der Waals surface area contributed by atoms with Crippen LogP contribution in [0.5, 0.6) is 0 Å². The molecule has 0 spiro atoms. The number of likely N-dealkylation sites (N-methyl/N-ethyl adjacent to an activating group) is 1. The van der Waals surface area contributed by atoms with Crippen molar-refractivity contribution in [2.75, 3.05) is 38.7 Å². The fourth-order valence-corrected chi connectivity index (χ4v) is 2.30. The second kappa shape index (κ2) is 5.73. The molecule has 4 heteroatoms. The van der Waals surface area contributed by atoms with E-state index in [-0.39, 0.29) is 0 Å². The summed E-state index contributed by atoms with van der Waals surface area (Å²) in [5, 5.41) is 3.29. The van der Waals surface area contributed by atoms with E-state index in [0.29, 0.717) is 6.04 Å². The molecular weight excluding hydrogens is 184 g/mol. The molecule has 0 aliphatic carbocycles. The van der Waals surface area contributed by atoms with E-state index >= 15 is 0 Å². The predicted octanol–water partition coefficient (Wildman–Crippen LogP) is 0.0487. The van der Waals surface area contributed by atoms with E-state index in [9.17, 15) is 4.21 Å². The van der Waals surface area contributed by atoms with E-state index in [4.69, 9.17) is 0 Å². The maximum absolute atomic E-state index is 10.8. The van der Waals surface area contributed by atoms with Crippen LogP contribution in [0.25, 0.3) is 0 Å². The first-order chi connectivity index (χ1) is 6.22. The Morgan fingerprint density at radius 1 is 1.62 bits per heavy atom. The number of hydrogen-bond acceptors (Lipinski definition) is 3. The lowest BCUT2D eigenvalue weighted by atomic mass is 10.3. The summed E-state index contributed by atoms with van der Waals surface area (Å²) in [6.07, 6.45) is 4.10. The second-order valence-corrected chi connectivity index (χ2v) is 5.26. The third-order valence-electron chi connectivity index (χ3n) is 2.59. The Labute approximate surface area is 83.3 Å². The van der Waals surface area contributed by atoms with Crippen molar-refractivity contribution in [1.29, 1.82) is 0 Å². The molecular formula is C9H20N2OS. The highest BCUT2D eigenvalue weighted by atomic mass is 32.2. The summed E-state index contributed by atoms with van der Waals surface area (Å²) >= 11 is 0. The number of nitrogens with zero attached hydrogens (tertiary/aromatic N) is 1. The SMILES string of the molecule is CNC1CCN(CCCS(C)=O)C1. The van der Waals surface area contributed by atoms with E-state index in [1.165, 1.54) is 13.0 Å². The number of nitrogens with one attached hydrogen (secondary N) is 1. The Kier molecular flexibility index (Phi) is 4.91. The van der Waals surface area contributed by atoms with E-state index in [1.54, 1.807) is 6.26 Å². The quantitative estimate of drug-likeness (QED) is 0.687. The van der Waals surface area contributed by atoms with Gasteiger partial charge in [-0.2, -0.15) is 0 Å². The molecule has 78 valence electrons. The fraction of sp³-hybridized carbons (Fsp3) is 1.00. The van der Waals surface area contributed by atoms with Gasteiger partial charge >= 0.3 is 0 Å². The van der Waals surface area contributed by atoms with Crippen molar-refractivity contribution < 1.29 is 4.21 Å². The molecule has 1 heterocycles. The highest BCUT2D eigenvalue weighted by molar-refractivity contribution is 7.84. The Morgan fingerprint density at radius 2 is 2.38 bits per heavy atom. The number of hydrogen-bond donors (Lipinski definition) is 1. The molecule has 0 saturated carbocycles. The van der Waals surface area contributed by atoms with Crippen LogP contribution in [-0.4, -0.2) is 53.8 Å². The molecule has 0 amide bonds. The average molecular weight is 204 g/mol. The normalized spacial score (nSPS) is 26.5. The molecule has 0 radical (unpaired) electrons. The molecule has 0 aromatic heterocycles. The second-order valence-electron chi connectivity index (χ2n) is 3.71. The minimum absolute atomic E-state index is 0.618. The first kappa shape index (κ1) is 11.1. The topological polar surface area (TPSA) is 32.3 Å². The average Bonchev–Trinajstić information content (AvgIpc) is 2.52. The van der Waals surface area contributed by atoms with Gasteiger partial charge in [0.05, 0.1) is 0 Å². The van der Waals surface area contributed by atoms with Crippen molar-refractivity contribution in [3.63, 3.8) is 0 Å². The van der Waals surface area contributed by atoms with Crippen LogP contribution in [0.2, 0.25) is 0 Å². The minimum Gasteiger partial charge on any atom is -0.316 e. The van der Waals surface area contributed by atoms with Gasteiger partial charge in [0.15, 0.2) is 0 Å². The Hall–Kier alpha value is 0.0700. The van der Waals surface area contributed by atoms with Crippen LogP contribution in [0.1, 0.15) is 12.8 Å². The monoisotopic (exact) mass is 204 g/mol. The van der Waals surface area contributed by atoms with Crippen LogP contribution in [0, 0.1) is 0 Å². The molecule has 1 saturated heterocycles. The third kappa shape index (κ3) is 4.20. The van der Waals surface area contributed by atoms with Crippen molar-refractivity contribution in [3.8, 4) is 0 Å². The lowest BCUT2D eigenvalue weighted by Crippen LogP contribution is -2.30. The summed E-state index contributed by atoms with van der Waals surface area (Å²) in [6.45, 7) is 3.46. The summed E-state index contributed by atoms with van der Waals surface area (Å²) in [4.78, 5) is 2.45. The van der Waals surface area contributed by atoms with Gasteiger partial charge in [0.2, 0.25) is 0 Å². The Bertz CT molecular complexity index is 175. The zero-order chi connectivity index (χ0) is 9.68. The fourth-order valence-electron chi connectivity index (χ4n) is 1.76. The van der Waals surface area contributed by atoms with E-state index in [0.717, 1.165) is 25.3 Å². The van der Waals surface area contributed by atoms with Crippen LogP contribution < -0.4 is 5.32 Å². The van der Waals surface area contributed by atoms with Gasteiger partial charge in [-0.1, -0.05) is 0 Å². The zero-order valence-electron chi connectivity index (χ0n) is 8.58. The maximum atomic E-state index is 10.8. The number of rotatable bonds is 5. The van der Waals surface area contributed by atoms with Gasteiger partial charge < -0.3 is 10.2 Å². The maximum Gasteiger partial charge on any atom is 0.0244 e. The van der Waals surface area contributed by atoms with Crippen LogP contribution in [0.4, 0.5) is 0 Å². The minimum atomic E-state index is -0.618. The molecule has 1 aliphatic heterocycles. The molecule has 2 unspecified atom stereocenters. The molecule has 2 atom stereocenters. The van der Waals surface area contributed by atoms with E-state index < -0.39 is 10.8 Å². The smallest absolute Gasteiger partial charge is 0.0244 e. The van der Waals surface area contributed by atoms with Gasteiger partial charge in [-0.05, 0) is 33.0 Å². The third-order valence-corrected chi connectivity index (χ3v) is 3.45. The van der Waals surface area contributed by atoms with E-state index in [1.807, 2.05) is 7.05 Å². The van der Waals surface area contributed by atoms with E-state index in [2.05, 4.69) is 10.2 Å². The molecule has 0 aromatic rings. The lowest BCUT2D eigenvalue weighted by Gasteiger charge is -2.14. The van der Waals surface area contributed by atoms with Crippen LogP contribution >= 0.6 is 0 Å². The van der Waals surface area contributed by atoms with Crippen molar-refractivity contribution in [1.82, 2.24) is 10.2 Å². The van der Waals surface area contributed by atoms with Gasteiger partial charge in [-0.3, -0.25) is 4.21 Å². The van der Waals surface area contributed by atoms with Crippen molar-refractivity contribution in [2.45, 2.75) is 18.9 Å². The Balaban J connectivity index is 2.07. The molecule has 13 heavy (non-hydrogen) atoms. The summed E-state index contributed by atoms with van der Waals surface area (Å²) in [5.74, 6) is 0.848. The van der Waals surface area contributed by atoms with Gasteiger partial charge in [-0.15, -0.1) is 0 Å². The zero-order valence-corrected chi connectivity index (χ0v) is 9.40. The molecule has 0 bridgehead atoms. The molecule has 0 aromatic carbocycles. The highest BCUT2D eigenvalue weighted by Crippen LogP contribution is 2.08. The Morgan fingerprint density at radius 3 is 2.92 bits per heavy atom. The first-order valence-corrected chi connectivity index (χ1v) is 6.64. The highest BCUT2D eigenvalue weighted by Gasteiger charge is 2.19. The van der Waals surface area contributed by atoms with Gasteiger partial charge in [0.1, 0.15) is 0 Å². The van der Waals surface area contributed by atoms with Crippen molar-refractivity contribution >= 4 is 10.8 Å². The van der Waals surface area contributed by atoms with Gasteiger partial charge in [-0.25, -0.2) is 0 Å². The van der Waals surface area contributed by atoms with Gasteiger partial charge in [0, 0.05) is 35.4 Å². The summed E-state index contributed by atoms with van der Waals surface area (Å²) in [6, 6.07) is 0.673. The molecule has 1 fully saturated rings. The molecule has 1 aliphatic rings. The molecule has 3 nitrogen and oxygen atoms in total. The van der Waals surface area contributed by atoms with Crippen molar-refractivity contribution in [2.24, 2.45) is 0 Å². The molecule has 1 N–H and O–H groups in total. The largest absolute Gasteiger partial charge is 0.316 e. The summed E-state index contributed by atoms with van der Waals surface area (Å²) in [7, 11) is 1.40. The first-order valence-electron chi connectivity index (χ1n) is 4.92. The van der Waals surface area contributed by atoms with Crippen molar-refractivity contribution in [3.05, 3.63) is 0 Å². The summed E-state index contributed by atoms with van der Waals surface area (Å²) in [5.41, 5.74) is 0. The molecule has 1 rings (SSSR count). The summed E-state index contributed by atoms with van der Waals surface area (Å²) < 4.78 is 10.8. The van der Waals surface area contributed by atoms with Crippen LogP contribution in [0.15, 0.2) is 0 Å².